The largest absolute Gasteiger partial charge is 0.370 e. The number of fused-ring (bicyclic) bond motifs is 1. The predicted octanol–water partition coefficient (Wildman–Crippen LogP) is -0.0104. The lowest BCUT2D eigenvalue weighted by Gasteiger charge is -2.22. The normalized spacial score (nSPS) is 27.5. The van der Waals surface area contributed by atoms with Crippen molar-refractivity contribution in [1.82, 2.24) is 5.32 Å². The van der Waals surface area contributed by atoms with Crippen molar-refractivity contribution in [2.45, 2.75) is 4.90 Å². The molecule has 1 aromatic carbocycles. The van der Waals surface area contributed by atoms with Crippen LogP contribution in [0.1, 0.15) is 0 Å². The van der Waals surface area contributed by atoms with Crippen LogP contribution in [0.4, 0.5) is 5.69 Å². The molecule has 0 amide bonds. The molecule has 2 aliphatic heterocycles. The van der Waals surface area contributed by atoms with Crippen molar-refractivity contribution in [3.63, 3.8) is 0 Å². The second-order valence-corrected chi connectivity index (χ2v) is 6.63. The Morgan fingerprint density at radius 2 is 1.78 bits per heavy atom. The molecule has 5 nitrogen and oxygen atoms in total. The summed E-state index contributed by atoms with van der Waals surface area (Å²) in [5.41, 5.74) is 0.745. The Labute approximate surface area is 107 Å². The van der Waals surface area contributed by atoms with Crippen LogP contribution in [-0.2, 0) is 10.0 Å². The van der Waals surface area contributed by atoms with Crippen LogP contribution in [0.3, 0.4) is 0 Å². The number of sulfonamides is 1. The van der Waals surface area contributed by atoms with E-state index >= 15 is 0 Å². The summed E-state index contributed by atoms with van der Waals surface area (Å²) >= 11 is 0. The molecule has 0 aromatic heterocycles. The molecule has 2 heterocycles. The number of hydrogen-bond acceptors (Lipinski definition) is 4. The van der Waals surface area contributed by atoms with Gasteiger partial charge in [-0.05, 0) is 24.0 Å². The second kappa shape index (κ2) is 4.22. The lowest BCUT2D eigenvalue weighted by molar-refractivity contribution is 0.533. The summed E-state index contributed by atoms with van der Waals surface area (Å²) in [6.45, 7) is 3.87. The highest BCUT2D eigenvalue weighted by Crippen LogP contribution is 2.33. The average Bonchev–Trinajstić information content (AvgIpc) is 2.87. The maximum absolute atomic E-state index is 11.6. The van der Waals surface area contributed by atoms with Crippen molar-refractivity contribution in [2.24, 2.45) is 17.0 Å². The van der Waals surface area contributed by atoms with Crippen molar-refractivity contribution >= 4 is 15.7 Å². The van der Waals surface area contributed by atoms with Crippen LogP contribution in [0.15, 0.2) is 29.2 Å². The van der Waals surface area contributed by atoms with Gasteiger partial charge in [0.05, 0.1) is 5.69 Å². The van der Waals surface area contributed by atoms with Gasteiger partial charge in [-0.25, -0.2) is 13.6 Å². The molecule has 98 valence electrons. The molecular formula is C12H17N3O2S. The van der Waals surface area contributed by atoms with Crippen molar-refractivity contribution < 1.29 is 8.42 Å². The summed E-state index contributed by atoms with van der Waals surface area (Å²) in [6.07, 6.45) is 0. The molecule has 2 fully saturated rings. The van der Waals surface area contributed by atoms with Crippen molar-refractivity contribution in [3.8, 4) is 0 Å². The fourth-order valence-corrected chi connectivity index (χ4v) is 3.77. The van der Waals surface area contributed by atoms with Gasteiger partial charge >= 0.3 is 0 Å². The molecule has 2 atom stereocenters. The second-order valence-electron chi connectivity index (χ2n) is 5.10. The van der Waals surface area contributed by atoms with Gasteiger partial charge in [-0.15, -0.1) is 0 Å². The number of nitrogens with one attached hydrogen (secondary N) is 1. The first-order chi connectivity index (χ1) is 8.55. The summed E-state index contributed by atoms with van der Waals surface area (Å²) in [6, 6.07) is 6.99. The van der Waals surface area contributed by atoms with Gasteiger partial charge in [-0.3, -0.25) is 0 Å². The first-order valence-electron chi connectivity index (χ1n) is 6.13. The zero-order valence-electron chi connectivity index (χ0n) is 10.0. The van der Waals surface area contributed by atoms with Crippen LogP contribution in [0.5, 0.6) is 0 Å². The molecule has 0 unspecified atom stereocenters. The molecule has 3 rings (SSSR count). The van der Waals surface area contributed by atoms with Gasteiger partial charge in [0, 0.05) is 26.2 Å². The van der Waals surface area contributed by atoms with Crippen LogP contribution in [0.2, 0.25) is 0 Å². The number of nitrogens with zero attached hydrogens (tertiary/aromatic N) is 1. The summed E-state index contributed by atoms with van der Waals surface area (Å²) < 4.78 is 23.2. The first-order valence-corrected chi connectivity index (χ1v) is 7.68. The minimum Gasteiger partial charge on any atom is -0.370 e. The molecule has 1 aromatic rings. The van der Waals surface area contributed by atoms with E-state index < -0.39 is 10.0 Å². The van der Waals surface area contributed by atoms with E-state index in [9.17, 15) is 8.42 Å². The summed E-state index contributed by atoms with van der Waals surface area (Å²) in [7, 11) is -3.65. The smallest absolute Gasteiger partial charge is 0.240 e. The van der Waals surface area contributed by atoms with Gasteiger partial charge in [-0.2, -0.15) is 0 Å². The standard InChI is InChI=1S/C12H17N3O2S/c13-18(16,17)12-4-2-1-3-11(12)15-7-9-5-14-6-10(9)8-15/h1-4,9-10,14H,5-8H2,(H2,13,16,17)/t9-,10+. The Morgan fingerprint density at radius 3 is 2.39 bits per heavy atom. The minimum atomic E-state index is -3.65. The molecule has 0 spiro atoms. The van der Waals surface area contributed by atoms with Gasteiger partial charge in [0.15, 0.2) is 0 Å². The van der Waals surface area contributed by atoms with E-state index in [1.54, 1.807) is 12.1 Å². The maximum atomic E-state index is 11.6. The summed E-state index contributed by atoms with van der Waals surface area (Å²) in [5.74, 6) is 1.25. The Morgan fingerprint density at radius 1 is 1.17 bits per heavy atom. The molecule has 2 aliphatic rings. The number of para-hydroxylation sites is 1. The maximum Gasteiger partial charge on any atom is 0.240 e. The highest BCUT2D eigenvalue weighted by Gasteiger charge is 2.37. The molecule has 18 heavy (non-hydrogen) atoms. The van der Waals surface area contributed by atoms with Crippen LogP contribution in [0, 0.1) is 11.8 Å². The molecule has 0 saturated carbocycles. The number of hydrogen-bond donors (Lipinski definition) is 2. The van der Waals surface area contributed by atoms with Crippen LogP contribution < -0.4 is 15.4 Å². The van der Waals surface area contributed by atoms with Crippen LogP contribution in [-0.4, -0.2) is 34.6 Å². The molecule has 0 bridgehead atoms. The Kier molecular flexibility index (Phi) is 2.80. The van der Waals surface area contributed by atoms with Gasteiger partial charge in [-0.1, -0.05) is 12.1 Å². The van der Waals surface area contributed by atoms with E-state index in [0.717, 1.165) is 31.9 Å². The van der Waals surface area contributed by atoms with Crippen LogP contribution >= 0.6 is 0 Å². The number of nitrogens with two attached hydrogens (primary N) is 1. The molecular weight excluding hydrogens is 250 g/mol. The number of primary sulfonamides is 1. The Hall–Kier alpha value is -1.11. The topological polar surface area (TPSA) is 75.4 Å². The van der Waals surface area contributed by atoms with Crippen molar-refractivity contribution in [1.29, 1.82) is 0 Å². The lowest BCUT2D eigenvalue weighted by atomic mass is 10.0. The van der Waals surface area contributed by atoms with E-state index in [1.165, 1.54) is 0 Å². The third-order valence-corrected chi connectivity index (χ3v) is 4.86. The first kappa shape index (κ1) is 12.0. The van der Waals surface area contributed by atoms with E-state index in [-0.39, 0.29) is 4.90 Å². The quantitative estimate of drug-likeness (QED) is 0.790. The van der Waals surface area contributed by atoms with Gasteiger partial charge in [0.2, 0.25) is 10.0 Å². The highest BCUT2D eigenvalue weighted by atomic mass is 32.2. The van der Waals surface area contributed by atoms with E-state index in [2.05, 4.69) is 10.2 Å². The number of benzene rings is 1. The van der Waals surface area contributed by atoms with Crippen molar-refractivity contribution in [3.05, 3.63) is 24.3 Å². The molecule has 2 saturated heterocycles. The fraction of sp³-hybridized carbons (Fsp3) is 0.500. The van der Waals surface area contributed by atoms with E-state index in [0.29, 0.717) is 11.8 Å². The molecule has 0 aliphatic carbocycles. The van der Waals surface area contributed by atoms with Gasteiger partial charge < -0.3 is 10.2 Å². The van der Waals surface area contributed by atoms with Crippen molar-refractivity contribution in [2.75, 3.05) is 31.1 Å². The highest BCUT2D eigenvalue weighted by molar-refractivity contribution is 7.89. The molecule has 0 radical (unpaired) electrons. The molecule has 3 N–H and O–H groups in total. The predicted molar refractivity (Wildman–Crippen MR) is 69.9 cm³/mol. The van der Waals surface area contributed by atoms with E-state index in [1.807, 2.05) is 12.1 Å². The average molecular weight is 267 g/mol. The summed E-state index contributed by atoms with van der Waals surface area (Å²) in [5, 5.41) is 8.65. The summed E-state index contributed by atoms with van der Waals surface area (Å²) in [4.78, 5) is 2.38. The SMILES string of the molecule is NS(=O)(=O)c1ccccc1N1C[C@H]2CNC[C@H]2C1. The number of rotatable bonds is 2. The minimum absolute atomic E-state index is 0.234. The lowest BCUT2D eigenvalue weighted by Crippen LogP contribution is -2.27. The fourth-order valence-electron chi connectivity index (χ4n) is 3.01. The van der Waals surface area contributed by atoms with E-state index in [4.69, 9.17) is 5.14 Å². The van der Waals surface area contributed by atoms with Gasteiger partial charge in [0.25, 0.3) is 0 Å². The number of anilines is 1. The van der Waals surface area contributed by atoms with Crippen LogP contribution in [0.25, 0.3) is 0 Å². The third kappa shape index (κ3) is 2.00. The zero-order chi connectivity index (χ0) is 12.8. The Balaban J connectivity index is 1.94. The zero-order valence-corrected chi connectivity index (χ0v) is 10.9. The molecule has 6 heteroatoms. The third-order valence-electron chi connectivity index (χ3n) is 3.90. The van der Waals surface area contributed by atoms with Gasteiger partial charge in [0.1, 0.15) is 4.90 Å². The Bertz CT molecular complexity index is 546. The monoisotopic (exact) mass is 267 g/mol.